The highest BCUT2D eigenvalue weighted by Gasteiger charge is 2.24. The van der Waals surface area contributed by atoms with Crippen LogP contribution in [-0.4, -0.2) is 10.4 Å². The summed E-state index contributed by atoms with van der Waals surface area (Å²) in [7, 11) is 2.04. The Hall–Kier alpha value is -2.61. The summed E-state index contributed by atoms with van der Waals surface area (Å²) in [5.41, 5.74) is 5.17. The second kappa shape index (κ2) is 4.45. The van der Waals surface area contributed by atoms with Crippen LogP contribution >= 0.6 is 0 Å². The van der Waals surface area contributed by atoms with Gasteiger partial charge in [0.25, 0.3) is 0 Å². The standard InChI is InChI=1S/C19H15NO/c1-20-12-15(16-7-4-5-9-18(16)20)11-14-10-13-6-2-3-8-17(13)19(14)21/h2-9,11-12H,10H2,1H3/b14-11+. The second-order valence-electron chi connectivity index (χ2n) is 5.55. The van der Waals surface area contributed by atoms with Crippen LogP contribution in [-0.2, 0) is 13.5 Å². The van der Waals surface area contributed by atoms with Gasteiger partial charge in [0.05, 0.1) is 0 Å². The van der Waals surface area contributed by atoms with Crippen molar-refractivity contribution in [2.24, 2.45) is 7.05 Å². The Morgan fingerprint density at radius 1 is 1.05 bits per heavy atom. The van der Waals surface area contributed by atoms with Crippen LogP contribution in [0, 0.1) is 0 Å². The molecule has 1 aliphatic rings. The average Bonchev–Trinajstić information content (AvgIpc) is 2.99. The number of carbonyl (C=O) groups excluding carboxylic acids is 1. The Kier molecular flexibility index (Phi) is 2.58. The summed E-state index contributed by atoms with van der Waals surface area (Å²) in [6.45, 7) is 0. The molecule has 0 atom stereocenters. The van der Waals surface area contributed by atoms with Crippen molar-refractivity contribution in [2.45, 2.75) is 6.42 Å². The Labute approximate surface area is 123 Å². The van der Waals surface area contributed by atoms with E-state index in [1.54, 1.807) is 0 Å². The predicted octanol–water partition coefficient (Wildman–Crippen LogP) is 4.00. The molecule has 21 heavy (non-hydrogen) atoms. The first kappa shape index (κ1) is 12.2. The van der Waals surface area contributed by atoms with Crippen molar-refractivity contribution in [2.75, 3.05) is 0 Å². The maximum absolute atomic E-state index is 12.5. The lowest BCUT2D eigenvalue weighted by molar-refractivity contribution is 0.104. The summed E-state index contributed by atoms with van der Waals surface area (Å²) in [4.78, 5) is 12.5. The third-order valence-electron chi connectivity index (χ3n) is 4.19. The number of benzene rings is 2. The van der Waals surface area contributed by atoms with Crippen LogP contribution in [0.1, 0.15) is 21.5 Å². The average molecular weight is 273 g/mol. The number of hydrogen-bond acceptors (Lipinski definition) is 1. The molecule has 2 nitrogen and oxygen atoms in total. The SMILES string of the molecule is Cn1cc(/C=C2\Cc3ccccc3C2=O)c2ccccc21. The molecule has 0 spiro atoms. The number of aryl methyl sites for hydroxylation is 1. The Morgan fingerprint density at radius 3 is 2.67 bits per heavy atom. The summed E-state index contributed by atoms with van der Waals surface area (Å²) < 4.78 is 2.11. The minimum absolute atomic E-state index is 0.165. The molecule has 1 aromatic heterocycles. The summed E-state index contributed by atoms with van der Waals surface area (Å²) in [5, 5.41) is 1.19. The minimum atomic E-state index is 0.165. The molecule has 2 aromatic carbocycles. The van der Waals surface area contributed by atoms with Gasteiger partial charge in [-0.3, -0.25) is 4.79 Å². The maximum atomic E-state index is 12.5. The molecule has 0 saturated heterocycles. The lowest BCUT2D eigenvalue weighted by Crippen LogP contribution is -1.94. The number of allylic oxidation sites excluding steroid dienone is 1. The molecule has 0 bridgehead atoms. The van der Waals surface area contributed by atoms with E-state index in [1.165, 1.54) is 10.9 Å². The van der Waals surface area contributed by atoms with E-state index in [0.717, 1.165) is 28.7 Å². The summed E-state index contributed by atoms with van der Waals surface area (Å²) >= 11 is 0. The highest BCUT2D eigenvalue weighted by molar-refractivity contribution is 6.16. The molecule has 0 unspecified atom stereocenters. The fourth-order valence-electron chi connectivity index (χ4n) is 3.15. The van der Waals surface area contributed by atoms with E-state index in [4.69, 9.17) is 0 Å². The Bertz CT molecular complexity index is 899. The number of para-hydroxylation sites is 1. The molecule has 0 fully saturated rings. The molecule has 0 radical (unpaired) electrons. The van der Waals surface area contributed by atoms with Crippen molar-refractivity contribution in [3.8, 4) is 0 Å². The molecule has 0 amide bonds. The number of rotatable bonds is 1. The molecule has 4 rings (SSSR count). The van der Waals surface area contributed by atoms with Crippen molar-refractivity contribution in [1.29, 1.82) is 0 Å². The van der Waals surface area contributed by atoms with Gasteiger partial charge in [0.1, 0.15) is 0 Å². The normalized spacial score (nSPS) is 15.9. The number of carbonyl (C=O) groups is 1. The van der Waals surface area contributed by atoms with Gasteiger partial charge in [-0.2, -0.15) is 0 Å². The summed E-state index contributed by atoms with van der Waals surface area (Å²) in [6, 6.07) is 16.2. The molecule has 0 N–H and O–H groups in total. The van der Waals surface area contributed by atoms with E-state index in [9.17, 15) is 4.79 Å². The van der Waals surface area contributed by atoms with Crippen LogP contribution in [0.4, 0.5) is 0 Å². The number of ketones is 1. The zero-order valence-electron chi connectivity index (χ0n) is 11.8. The van der Waals surface area contributed by atoms with E-state index in [0.29, 0.717) is 0 Å². The predicted molar refractivity (Wildman–Crippen MR) is 85.4 cm³/mol. The fourth-order valence-corrected chi connectivity index (χ4v) is 3.15. The van der Waals surface area contributed by atoms with Crippen LogP contribution < -0.4 is 0 Å². The number of nitrogens with zero attached hydrogens (tertiary/aromatic N) is 1. The van der Waals surface area contributed by atoms with Crippen molar-refractivity contribution in [3.63, 3.8) is 0 Å². The highest BCUT2D eigenvalue weighted by atomic mass is 16.1. The molecule has 1 heterocycles. The van der Waals surface area contributed by atoms with Crippen molar-refractivity contribution < 1.29 is 4.79 Å². The molecule has 1 aliphatic carbocycles. The third kappa shape index (κ3) is 1.83. The molecular weight excluding hydrogens is 258 g/mol. The van der Waals surface area contributed by atoms with Crippen LogP contribution in [0.15, 0.2) is 60.3 Å². The van der Waals surface area contributed by atoms with Crippen LogP contribution in [0.25, 0.3) is 17.0 Å². The maximum Gasteiger partial charge on any atom is 0.189 e. The van der Waals surface area contributed by atoms with Crippen molar-refractivity contribution in [3.05, 3.63) is 77.0 Å². The zero-order valence-corrected chi connectivity index (χ0v) is 11.8. The molecular formula is C19H15NO. The van der Waals surface area contributed by atoms with Gasteiger partial charge in [-0.25, -0.2) is 0 Å². The quantitative estimate of drug-likeness (QED) is 0.614. The van der Waals surface area contributed by atoms with Gasteiger partial charge in [0.2, 0.25) is 0 Å². The van der Waals surface area contributed by atoms with E-state index >= 15 is 0 Å². The van der Waals surface area contributed by atoms with E-state index in [1.807, 2.05) is 49.5 Å². The number of fused-ring (bicyclic) bond motifs is 2. The molecule has 102 valence electrons. The van der Waals surface area contributed by atoms with Gasteiger partial charge >= 0.3 is 0 Å². The van der Waals surface area contributed by atoms with Crippen LogP contribution in [0.3, 0.4) is 0 Å². The Morgan fingerprint density at radius 2 is 1.81 bits per heavy atom. The molecule has 0 saturated carbocycles. The van der Waals surface area contributed by atoms with E-state index in [2.05, 4.69) is 22.9 Å². The van der Waals surface area contributed by atoms with Crippen LogP contribution in [0.5, 0.6) is 0 Å². The summed E-state index contributed by atoms with van der Waals surface area (Å²) in [6.07, 6.45) is 4.87. The Balaban J connectivity index is 1.84. The lowest BCUT2D eigenvalue weighted by Gasteiger charge is -1.95. The largest absolute Gasteiger partial charge is 0.350 e. The minimum Gasteiger partial charge on any atom is -0.350 e. The fraction of sp³-hybridized carbons (Fsp3) is 0.105. The topological polar surface area (TPSA) is 22.0 Å². The van der Waals surface area contributed by atoms with Gasteiger partial charge in [-0.1, -0.05) is 42.5 Å². The van der Waals surface area contributed by atoms with E-state index in [-0.39, 0.29) is 5.78 Å². The highest BCUT2D eigenvalue weighted by Crippen LogP contribution is 2.29. The molecule has 2 heteroatoms. The molecule has 3 aromatic rings. The lowest BCUT2D eigenvalue weighted by atomic mass is 10.1. The smallest absolute Gasteiger partial charge is 0.189 e. The van der Waals surface area contributed by atoms with Gasteiger partial charge in [0, 0.05) is 47.3 Å². The van der Waals surface area contributed by atoms with Gasteiger partial charge in [0.15, 0.2) is 5.78 Å². The zero-order chi connectivity index (χ0) is 14.4. The van der Waals surface area contributed by atoms with Crippen LogP contribution in [0.2, 0.25) is 0 Å². The second-order valence-corrected chi connectivity index (χ2v) is 5.55. The number of aromatic nitrogens is 1. The first-order chi connectivity index (χ1) is 10.2. The summed E-state index contributed by atoms with van der Waals surface area (Å²) in [5.74, 6) is 0.165. The molecule has 0 aliphatic heterocycles. The van der Waals surface area contributed by atoms with E-state index < -0.39 is 0 Å². The van der Waals surface area contributed by atoms with Crippen molar-refractivity contribution in [1.82, 2.24) is 4.57 Å². The first-order valence-corrected chi connectivity index (χ1v) is 7.11. The monoisotopic (exact) mass is 273 g/mol. The van der Waals surface area contributed by atoms with Crippen molar-refractivity contribution >= 4 is 22.8 Å². The van der Waals surface area contributed by atoms with Gasteiger partial charge < -0.3 is 4.57 Å². The van der Waals surface area contributed by atoms with Gasteiger partial charge in [-0.05, 0) is 17.7 Å². The van der Waals surface area contributed by atoms with Gasteiger partial charge in [-0.15, -0.1) is 0 Å². The first-order valence-electron chi connectivity index (χ1n) is 7.11. The number of Topliss-reactive ketones (excluding diaryl/α,β-unsaturated/α-hetero) is 1. The number of hydrogen-bond donors (Lipinski definition) is 0. The third-order valence-corrected chi connectivity index (χ3v) is 4.19.